The highest BCUT2D eigenvalue weighted by Gasteiger charge is 2.09. The molecule has 0 aliphatic heterocycles. The van der Waals surface area contributed by atoms with Gasteiger partial charge in [0.25, 0.3) is 0 Å². The van der Waals surface area contributed by atoms with Crippen LogP contribution < -0.4 is 4.57 Å². The SMILES string of the molecule is CCN(CC)Cn1cc[n+](CN(CC)CC)c1. The average Bonchev–Trinajstić information content (AvgIpc) is 2.80. The molecule has 1 heterocycles. The molecule has 98 valence electrons. The van der Waals surface area contributed by atoms with E-state index in [4.69, 9.17) is 0 Å². The summed E-state index contributed by atoms with van der Waals surface area (Å²) in [6, 6.07) is 0. The summed E-state index contributed by atoms with van der Waals surface area (Å²) >= 11 is 0. The summed E-state index contributed by atoms with van der Waals surface area (Å²) in [5.41, 5.74) is 0. The highest BCUT2D eigenvalue weighted by molar-refractivity contribution is 4.66. The number of nitrogens with zero attached hydrogens (tertiary/aromatic N) is 4. The first kappa shape index (κ1) is 14.2. The van der Waals surface area contributed by atoms with Crippen LogP contribution in [0, 0.1) is 0 Å². The molecule has 0 bridgehead atoms. The largest absolute Gasteiger partial charge is 0.268 e. The molecule has 4 heteroatoms. The van der Waals surface area contributed by atoms with E-state index in [0.717, 1.165) is 39.5 Å². The van der Waals surface area contributed by atoms with E-state index in [0.29, 0.717) is 0 Å². The van der Waals surface area contributed by atoms with Crippen molar-refractivity contribution in [3.8, 4) is 0 Å². The highest BCUT2D eigenvalue weighted by atomic mass is 15.3. The lowest BCUT2D eigenvalue weighted by atomic mass is 10.5. The second-order valence-corrected chi connectivity index (χ2v) is 4.33. The number of rotatable bonds is 8. The Morgan fingerprint density at radius 1 is 0.941 bits per heavy atom. The molecule has 0 saturated heterocycles. The summed E-state index contributed by atoms with van der Waals surface area (Å²) in [5, 5.41) is 0. The van der Waals surface area contributed by atoms with Crippen LogP contribution in [0.1, 0.15) is 27.7 Å². The second kappa shape index (κ2) is 7.45. The molecule has 0 fully saturated rings. The van der Waals surface area contributed by atoms with Crippen LogP contribution in [0.25, 0.3) is 0 Å². The average molecular weight is 239 g/mol. The van der Waals surface area contributed by atoms with Gasteiger partial charge in [0.1, 0.15) is 25.7 Å². The van der Waals surface area contributed by atoms with Crippen LogP contribution in [0.4, 0.5) is 0 Å². The summed E-state index contributed by atoms with van der Waals surface area (Å²) in [6.45, 7) is 15.2. The van der Waals surface area contributed by atoms with Gasteiger partial charge in [-0.2, -0.15) is 0 Å². The van der Waals surface area contributed by atoms with Crippen molar-refractivity contribution in [3.05, 3.63) is 18.7 Å². The van der Waals surface area contributed by atoms with E-state index < -0.39 is 0 Å². The summed E-state index contributed by atoms with van der Waals surface area (Å²) in [7, 11) is 0. The Kier molecular flexibility index (Phi) is 6.22. The van der Waals surface area contributed by atoms with Crippen LogP contribution in [0.2, 0.25) is 0 Å². The molecule has 4 nitrogen and oxygen atoms in total. The molecule has 0 unspecified atom stereocenters. The lowest BCUT2D eigenvalue weighted by Crippen LogP contribution is -2.42. The fourth-order valence-corrected chi connectivity index (χ4v) is 1.92. The molecule has 0 saturated carbocycles. The van der Waals surface area contributed by atoms with Gasteiger partial charge in [0.2, 0.25) is 6.33 Å². The van der Waals surface area contributed by atoms with Crippen LogP contribution in [-0.4, -0.2) is 40.5 Å². The third-order valence-electron chi connectivity index (χ3n) is 3.26. The minimum atomic E-state index is 0.984. The predicted octanol–water partition coefficient (Wildman–Crippen LogP) is 1.37. The van der Waals surface area contributed by atoms with E-state index >= 15 is 0 Å². The van der Waals surface area contributed by atoms with Gasteiger partial charge >= 0.3 is 0 Å². The van der Waals surface area contributed by atoms with Gasteiger partial charge < -0.3 is 0 Å². The van der Waals surface area contributed by atoms with E-state index in [9.17, 15) is 0 Å². The van der Waals surface area contributed by atoms with E-state index in [1.165, 1.54) is 0 Å². The smallest absolute Gasteiger partial charge is 0.245 e. The number of imidazole rings is 1. The van der Waals surface area contributed by atoms with Crippen molar-refractivity contribution in [2.45, 2.75) is 41.0 Å². The third-order valence-corrected chi connectivity index (χ3v) is 3.26. The predicted molar refractivity (Wildman–Crippen MR) is 70.5 cm³/mol. The molecule has 0 atom stereocenters. The minimum Gasteiger partial charge on any atom is -0.268 e. The molecule has 1 rings (SSSR count). The van der Waals surface area contributed by atoms with Crippen LogP contribution >= 0.6 is 0 Å². The molecule has 0 spiro atoms. The summed E-state index contributed by atoms with van der Waals surface area (Å²) in [5.74, 6) is 0. The standard InChI is InChI=1S/C13H27N4/c1-5-14(6-2)11-16-9-10-17(13-16)12-15(7-3)8-4/h9-10,13H,5-8,11-12H2,1-4H3/q+1. The Balaban J connectivity index is 2.52. The quantitative estimate of drug-likeness (QED) is 0.637. The van der Waals surface area contributed by atoms with E-state index in [2.05, 4.69) is 65.3 Å². The Labute approximate surface area is 105 Å². The monoisotopic (exact) mass is 239 g/mol. The Hall–Kier alpha value is -0.870. The molecule has 0 radical (unpaired) electrons. The molecule has 0 amide bonds. The van der Waals surface area contributed by atoms with Gasteiger partial charge in [-0.25, -0.2) is 9.13 Å². The molecule has 1 aromatic rings. The van der Waals surface area contributed by atoms with Crippen molar-refractivity contribution in [3.63, 3.8) is 0 Å². The van der Waals surface area contributed by atoms with E-state index in [1.54, 1.807) is 0 Å². The van der Waals surface area contributed by atoms with Gasteiger partial charge in [0, 0.05) is 0 Å². The second-order valence-electron chi connectivity index (χ2n) is 4.33. The molecule has 0 aliphatic rings. The number of hydrogen-bond acceptors (Lipinski definition) is 2. The Bertz CT molecular complexity index is 272. The van der Waals surface area contributed by atoms with Gasteiger partial charge in [-0.15, -0.1) is 0 Å². The zero-order valence-corrected chi connectivity index (χ0v) is 11.8. The summed E-state index contributed by atoms with van der Waals surface area (Å²) in [4.78, 5) is 4.81. The van der Waals surface area contributed by atoms with Crippen molar-refractivity contribution < 1.29 is 4.57 Å². The molecule has 17 heavy (non-hydrogen) atoms. The topological polar surface area (TPSA) is 15.3 Å². The highest BCUT2D eigenvalue weighted by Crippen LogP contribution is 1.93. The lowest BCUT2D eigenvalue weighted by molar-refractivity contribution is -0.715. The van der Waals surface area contributed by atoms with Gasteiger partial charge in [-0.3, -0.25) is 9.80 Å². The van der Waals surface area contributed by atoms with Crippen molar-refractivity contribution in [1.82, 2.24) is 14.4 Å². The third kappa shape index (κ3) is 4.48. The summed E-state index contributed by atoms with van der Waals surface area (Å²) in [6.07, 6.45) is 6.50. The molecule has 0 N–H and O–H groups in total. The van der Waals surface area contributed by atoms with E-state index in [1.807, 2.05) is 0 Å². The minimum absolute atomic E-state index is 0.984. The maximum atomic E-state index is 2.40. The van der Waals surface area contributed by atoms with Crippen LogP contribution in [-0.2, 0) is 13.3 Å². The van der Waals surface area contributed by atoms with Gasteiger partial charge in [-0.05, 0) is 26.2 Å². The van der Waals surface area contributed by atoms with Gasteiger partial charge in [0.15, 0.2) is 0 Å². The molecular formula is C13H27N4+. The van der Waals surface area contributed by atoms with Crippen LogP contribution in [0.3, 0.4) is 0 Å². The van der Waals surface area contributed by atoms with Crippen molar-refractivity contribution >= 4 is 0 Å². The zero-order valence-electron chi connectivity index (χ0n) is 11.8. The molecular weight excluding hydrogens is 212 g/mol. The van der Waals surface area contributed by atoms with Crippen LogP contribution in [0.15, 0.2) is 18.7 Å². The maximum absolute atomic E-state index is 2.40. The van der Waals surface area contributed by atoms with E-state index in [-0.39, 0.29) is 0 Å². The van der Waals surface area contributed by atoms with Crippen molar-refractivity contribution in [2.24, 2.45) is 0 Å². The first-order chi connectivity index (χ1) is 8.23. The Morgan fingerprint density at radius 2 is 1.53 bits per heavy atom. The van der Waals surface area contributed by atoms with Gasteiger partial charge in [0.05, 0.1) is 0 Å². The zero-order chi connectivity index (χ0) is 12.7. The van der Waals surface area contributed by atoms with Crippen molar-refractivity contribution in [2.75, 3.05) is 26.2 Å². The lowest BCUT2D eigenvalue weighted by Gasteiger charge is -2.15. The Morgan fingerprint density at radius 3 is 2.06 bits per heavy atom. The number of aromatic nitrogens is 2. The van der Waals surface area contributed by atoms with Crippen LogP contribution in [0.5, 0.6) is 0 Å². The number of hydrogen-bond donors (Lipinski definition) is 0. The van der Waals surface area contributed by atoms with Crippen molar-refractivity contribution in [1.29, 1.82) is 0 Å². The first-order valence-corrected chi connectivity index (χ1v) is 6.72. The fraction of sp³-hybridized carbons (Fsp3) is 0.769. The first-order valence-electron chi connectivity index (χ1n) is 6.72. The molecule has 0 aromatic carbocycles. The molecule has 0 aliphatic carbocycles. The molecule has 1 aromatic heterocycles. The maximum Gasteiger partial charge on any atom is 0.245 e. The normalized spacial score (nSPS) is 11.6. The fourth-order valence-electron chi connectivity index (χ4n) is 1.92. The van der Waals surface area contributed by atoms with Gasteiger partial charge in [-0.1, -0.05) is 27.7 Å². The summed E-state index contributed by atoms with van der Waals surface area (Å²) < 4.78 is 4.49.